The van der Waals surface area contributed by atoms with Crippen molar-refractivity contribution in [2.24, 2.45) is 0 Å². The van der Waals surface area contributed by atoms with Crippen LogP contribution in [0.1, 0.15) is 46.1 Å². The first kappa shape index (κ1) is 25.1. The number of benzene rings is 1. The first-order valence-corrected chi connectivity index (χ1v) is 13.5. The molecule has 8 bridgehead atoms. The Morgan fingerprint density at radius 1 is 0.667 bits per heavy atom. The number of rotatable bonds is 3. The lowest BCUT2D eigenvalue weighted by Crippen LogP contribution is -2.23. The summed E-state index contributed by atoms with van der Waals surface area (Å²) >= 11 is 0. The number of anilines is 1. The predicted octanol–water partition coefficient (Wildman–Crippen LogP) is 3.83. The van der Waals surface area contributed by atoms with Gasteiger partial charge in [0, 0.05) is 60.3 Å². The van der Waals surface area contributed by atoms with E-state index in [1.807, 2.05) is 9.36 Å². The average Bonchev–Trinajstić information content (AvgIpc) is 3.66. The van der Waals surface area contributed by atoms with Crippen LogP contribution in [0.5, 0.6) is 0 Å². The Labute approximate surface area is 228 Å². The minimum atomic E-state index is 0.140. The van der Waals surface area contributed by atoms with Gasteiger partial charge in [-0.25, -0.2) is 9.36 Å². The summed E-state index contributed by atoms with van der Waals surface area (Å²) in [5.41, 5.74) is 8.43. The Hall–Kier alpha value is -4.18. The molecule has 202 valence electrons. The number of aryl methyl sites for hydroxylation is 6. The molecule has 0 amide bonds. The first-order chi connectivity index (χ1) is 18.9. The summed E-state index contributed by atoms with van der Waals surface area (Å²) in [7, 11) is 0. The maximum Gasteiger partial charge on any atom is 0.175 e. The molecule has 0 spiro atoms. The third-order valence-electron chi connectivity index (χ3n) is 7.39. The van der Waals surface area contributed by atoms with Crippen LogP contribution in [0.15, 0.2) is 48.5 Å². The quantitative estimate of drug-likeness (QED) is 0.385. The van der Waals surface area contributed by atoms with Crippen LogP contribution >= 0.6 is 0 Å². The lowest BCUT2D eigenvalue weighted by atomic mass is 10.1. The molecular formula is C29H35N9O. The standard InChI is InChI=1S/C29H35N9O/c1-20-16-28-32-35(20)11-5-12-36-21(2)17-29(33-36)38-23(4)15-26(31-38)19-34(18-25-14-22(3)37(28)30-25)27-8-6-24(7-9-27)10-13-39/h6-9,14-17,39H,5,10-13,18-19H2,1-4H3. The molecule has 0 fully saturated rings. The summed E-state index contributed by atoms with van der Waals surface area (Å²) in [6, 6.07) is 16.8. The SMILES string of the molecule is Cc1cc2nn1CCCn1nc(cc1C)-n1nc(cc1C)CN(c1ccc(CCO)cc1)Cc1cc(C)n-2n1. The molecule has 5 aromatic rings. The topological polar surface area (TPSA) is 94.8 Å². The van der Waals surface area contributed by atoms with Crippen LogP contribution in [0.2, 0.25) is 0 Å². The zero-order chi connectivity index (χ0) is 27.1. The van der Waals surface area contributed by atoms with Gasteiger partial charge in [-0.05, 0) is 70.4 Å². The largest absolute Gasteiger partial charge is 0.396 e. The van der Waals surface area contributed by atoms with Crippen molar-refractivity contribution in [1.29, 1.82) is 0 Å². The van der Waals surface area contributed by atoms with Crippen LogP contribution in [0, 0.1) is 27.7 Å². The van der Waals surface area contributed by atoms with Gasteiger partial charge in [0.15, 0.2) is 11.6 Å². The Morgan fingerprint density at radius 2 is 1.18 bits per heavy atom. The Balaban J connectivity index is 1.43. The molecule has 0 radical (unpaired) electrons. The van der Waals surface area contributed by atoms with Crippen molar-refractivity contribution >= 4 is 5.69 Å². The van der Waals surface area contributed by atoms with Crippen molar-refractivity contribution < 1.29 is 5.11 Å². The smallest absolute Gasteiger partial charge is 0.175 e. The van der Waals surface area contributed by atoms with Crippen LogP contribution in [-0.2, 0) is 32.6 Å². The summed E-state index contributed by atoms with van der Waals surface area (Å²) in [5.74, 6) is 1.67. The number of hydrogen-bond donors (Lipinski definition) is 1. The molecule has 6 rings (SSSR count). The molecule has 0 unspecified atom stereocenters. The van der Waals surface area contributed by atoms with E-state index in [-0.39, 0.29) is 6.61 Å². The van der Waals surface area contributed by atoms with Gasteiger partial charge in [-0.2, -0.15) is 20.4 Å². The molecule has 10 nitrogen and oxygen atoms in total. The third-order valence-corrected chi connectivity index (χ3v) is 7.39. The highest BCUT2D eigenvalue weighted by atomic mass is 16.2. The van der Waals surface area contributed by atoms with E-state index in [0.29, 0.717) is 19.5 Å². The third kappa shape index (κ3) is 4.99. The van der Waals surface area contributed by atoms with E-state index in [9.17, 15) is 5.11 Å². The monoisotopic (exact) mass is 525 g/mol. The summed E-state index contributed by atoms with van der Waals surface area (Å²) in [6.45, 7) is 11.3. The minimum absolute atomic E-state index is 0.140. The van der Waals surface area contributed by atoms with Crippen LogP contribution in [0.25, 0.3) is 11.6 Å². The molecule has 1 aromatic carbocycles. The number of aliphatic hydroxyl groups is 1. The van der Waals surface area contributed by atoms with Crippen molar-refractivity contribution in [2.45, 2.75) is 66.7 Å². The van der Waals surface area contributed by atoms with Gasteiger partial charge in [0.05, 0.1) is 24.5 Å². The van der Waals surface area contributed by atoms with Crippen molar-refractivity contribution in [3.05, 3.63) is 88.3 Å². The highest BCUT2D eigenvalue weighted by Gasteiger charge is 2.18. The fourth-order valence-electron chi connectivity index (χ4n) is 5.34. The maximum atomic E-state index is 9.34. The summed E-state index contributed by atoms with van der Waals surface area (Å²) in [4.78, 5) is 2.29. The normalized spacial score (nSPS) is 13.9. The van der Waals surface area contributed by atoms with Crippen molar-refractivity contribution in [2.75, 3.05) is 11.5 Å². The lowest BCUT2D eigenvalue weighted by molar-refractivity contribution is 0.299. The van der Waals surface area contributed by atoms with Gasteiger partial charge in [-0.3, -0.25) is 9.36 Å². The summed E-state index contributed by atoms with van der Waals surface area (Å²) in [6.07, 6.45) is 1.56. The number of fused-ring (bicyclic) bond motifs is 10. The highest BCUT2D eigenvalue weighted by Crippen LogP contribution is 2.23. The van der Waals surface area contributed by atoms with E-state index in [4.69, 9.17) is 20.4 Å². The van der Waals surface area contributed by atoms with Gasteiger partial charge in [0.1, 0.15) is 0 Å². The van der Waals surface area contributed by atoms with Crippen molar-refractivity contribution in [1.82, 2.24) is 39.1 Å². The van der Waals surface area contributed by atoms with Gasteiger partial charge in [0.2, 0.25) is 0 Å². The fourth-order valence-corrected chi connectivity index (χ4v) is 5.34. The maximum absolute atomic E-state index is 9.34. The molecule has 1 aliphatic heterocycles. The number of hydrogen-bond acceptors (Lipinski definition) is 6. The molecule has 1 aliphatic rings. The predicted molar refractivity (Wildman–Crippen MR) is 149 cm³/mol. The van der Waals surface area contributed by atoms with Gasteiger partial charge in [-0.1, -0.05) is 12.1 Å². The van der Waals surface area contributed by atoms with Crippen LogP contribution in [-0.4, -0.2) is 50.8 Å². The minimum Gasteiger partial charge on any atom is -0.396 e. The van der Waals surface area contributed by atoms with E-state index in [2.05, 4.69) is 90.5 Å². The van der Waals surface area contributed by atoms with Gasteiger partial charge in [-0.15, -0.1) is 0 Å². The molecule has 0 aliphatic carbocycles. The molecule has 10 heteroatoms. The molecule has 0 atom stereocenters. The van der Waals surface area contributed by atoms with E-state index in [1.165, 1.54) is 0 Å². The average molecular weight is 526 g/mol. The van der Waals surface area contributed by atoms with Crippen molar-refractivity contribution in [3.63, 3.8) is 0 Å². The summed E-state index contributed by atoms with van der Waals surface area (Å²) in [5, 5.41) is 29.1. The Morgan fingerprint density at radius 3 is 1.67 bits per heavy atom. The molecule has 1 N–H and O–H groups in total. The zero-order valence-electron chi connectivity index (χ0n) is 23.0. The lowest BCUT2D eigenvalue weighted by Gasteiger charge is -2.23. The fraction of sp³-hybridized carbons (Fsp3) is 0.379. The molecule has 39 heavy (non-hydrogen) atoms. The van der Waals surface area contributed by atoms with Crippen LogP contribution < -0.4 is 4.90 Å². The van der Waals surface area contributed by atoms with E-state index >= 15 is 0 Å². The Bertz CT molecular complexity index is 1510. The number of aromatic nitrogens is 8. The molecule has 4 aromatic heterocycles. The van der Waals surface area contributed by atoms with Gasteiger partial charge in [0.25, 0.3) is 0 Å². The first-order valence-electron chi connectivity index (χ1n) is 13.5. The second-order valence-electron chi connectivity index (χ2n) is 10.5. The molecule has 0 saturated heterocycles. The highest BCUT2D eigenvalue weighted by molar-refractivity contribution is 5.48. The van der Waals surface area contributed by atoms with Gasteiger partial charge >= 0.3 is 0 Å². The van der Waals surface area contributed by atoms with E-state index in [1.54, 1.807) is 0 Å². The number of aliphatic hydroxyl groups excluding tert-OH is 1. The van der Waals surface area contributed by atoms with Crippen LogP contribution in [0.4, 0.5) is 5.69 Å². The van der Waals surface area contributed by atoms with Crippen LogP contribution in [0.3, 0.4) is 0 Å². The van der Waals surface area contributed by atoms with Crippen molar-refractivity contribution in [3.8, 4) is 11.6 Å². The Kier molecular flexibility index (Phi) is 6.56. The van der Waals surface area contributed by atoms with E-state index < -0.39 is 0 Å². The van der Waals surface area contributed by atoms with Gasteiger partial charge < -0.3 is 10.0 Å². The molecule has 5 heterocycles. The van der Waals surface area contributed by atoms with E-state index in [0.717, 1.165) is 76.6 Å². The second-order valence-corrected chi connectivity index (χ2v) is 10.5. The zero-order valence-corrected chi connectivity index (χ0v) is 23.0. The second kappa shape index (κ2) is 10.2. The summed E-state index contributed by atoms with van der Waals surface area (Å²) < 4.78 is 7.99. The molecule has 0 saturated carbocycles. The number of nitrogens with zero attached hydrogens (tertiary/aromatic N) is 9. The molecular weight excluding hydrogens is 490 g/mol.